The molecule has 0 spiro atoms. The Balaban J connectivity index is 1.65. The van der Waals surface area contributed by atoms with Crippen LogP contribution in [0.1, 0.15) is 64.4 Å². The minimum absolute atomic E-state index is 0.0428. The number of hydrogen-bond donors (Lipinski definition) is 1. The number of carbonyl (C=O) groups excluding carboxylic acids is 2. The molecule has 1 aliphatic heterocycles. The quantitative estimate of drug-likeness (QED) is 0.481. The largest absolute Gasteiger partial charge is 0.469 e. The number of nitrogens with one attached hydrogen (secondary N) is 1. The second-order valence-corrected chi connectivity index (χ2v) is 10.5. The molecule has 3 rings (SSSR count). The van der Waals surface area contributed by atoms with Crippen LogP contribution in [0, 0.1) is 0 Å². The highest BCUT2D eigenvalue weighted by atomic mass is 35.5. The maximum absolute atomic E-state index is 12.9. The Morgan fingerprint density at radius 3 is 2.63 bits per heavy atom. The van der Waals surface area contributed by atoms with E-state index < -0.39 is 23.8 Å². The molecule has 190 valence electrons. The second-order valence-electron chi connectivity index (χ2n) is 9.27. The molecule has 0 aliphatic carbocycles. The molecule has 8 nitrogen and oxygen atoms in total. The zero-order chi connectivity index (χ0) is 25.8. The number of likely N-dealkylation sites (tertiary alicyclic amines) is 1. The topological polar surface area (TPSA) is 93.7 Å². The summed E-state index contributed by atoms with van der Waals surface area (Å²) in [5.41, 5.74) is 0.0800. The minimum Gasteiger partial charge on any atom is -0.469 e. The molecule has 2 atom stereocenters. The Kier molecular flexibility index (Phi) is 9.07. The average molecular weight is 544 g/mol. The van der Waals surface area contributed by atoms with Crippen molar-refractivity contribution in [1.29, 1.82) is 0 Å². The molecule has 0 bridgehead atoms. The van der Waals surface area contributed by atoms with Gasteiger partial charge in [-0.05, 0) is 59.1 Å². The molecular weight excluding hydrogens is 515 g/mol. The molecular formula is C24H29Cl3N4O4. The summed E-state index contributed by atoms with van der Waals surface area (Å²) >= 11 is 18.5. The van der Waals surface area contributed by atoms with Crippen LogP contribution in [0.2, 0.25) is 15.1 Å². The summed E-state index contributed by atoms with van der Waals surface area (Å²) in [6.07, 6.45) is 2.68. The Hall–Kier alpha value is -2.29. The molecule has 1 aromatic heterocycles. The SMILES string of the molecule is CC(Oc1nc(CNC(=O)C2CCCCN2C(=O)OC(C)(C)C)ncc1Cl)c1ccc(Cl)cc1Cl. The number of hydrogen-bond acceptors (Lipinski definition) is 6. The van der Waals surface area contributed by atoms with Crippen LogP contribution in [0.15, 0.2) is 24.4 Å². The van der Waals surface area contributed by atoms with E-state index in [4.69, 9.17) is 44.3 Å². The number of benzene rings is 1. The van der Waals surface area contributed by atoms with Crippen molar-refractivity contribution in [3.05, 3.63) is 50.9 Å². The first-order valence-electron chi connectivity index (χ1n) is 11.3. The molecule has 2 aromatic rings. The third-order valence-electron chi connectivity index (χ3n) is 5.30. The highest BCUT2D eigenvalue weighted by molar-refractivity contribution is 6.35. The molecule has 0 saturated carbocycles. The van der Waals surface area contributed by atoms with Crippen LogP contribution in [-0.4, -0.2) is 45.1 Å². The van der Waals surface area contributed by atoms with Crippen molar-refractivity contribution < 1.29 is 19.1 Å². The third-order valence-corrected chi connectivity index (χ3v) is 6.13. The number of nitrogens with zero attached hydrogens (tertiary/aromatic N) is 3. The van der Waals surface area contributed by atoms with Crippen molar-refractivity contribution in [2.75, 3.05) is 6.54 Å². The fraction of sp³-hybridized carbons (Fsp3) is 0.500. The van der Waals surface area contributed by atoms with Crippen molar-refractivity contribution in [1.82, 2.24) is 20.2 Å². The zero-order valence-electron chi connectivity index (χ0n) is 20.1. The maximum Gasteiger partial charge on any atom is 0.410 e. The van der Waals surface area contributed by atoms with Gasteiger partial charge >= 0.3 is 6.09 Å². The van der Waals surface area contributed by atoms with E-state index in [9.17, 15) is 9.59 Å². The first kappa shape index (κ1) is 27.3. The van der Waals surface area contributed by atoms with Gasteiger partial charge in [-0.3, -0.25) is 9.69 Å². The predicted molar refractivity (Wildman–Crippen MR) is 135 cm³/mol. The van der Waals surface area contributed by atoms with Gasteiger partial charge in [0.2, 0.25) is 11.8 Å². The average Bonchev–Trinajstić information content (AvgIpc) is 2.78. The first-order chi connectivity index (χ1) is 16.4. The van der Waals surface area contributed by atoms with Crippen LogP contribution in [0.3, 0.4) is 0 Å². The summed E-state index contributed by atoms with van der Waals surface area (Å²) < 4.78 is 11.4. The fourth-order valence-electron chi connectivity index (χ4n) is 3.64. The van der Waals surface area contributed by atoms with Gasteiger partial charge < -0.3 is 14.8 Å². The predicted octanol–water partition coefficient (Wildman–Crippen LogP) is 5.98. The number of amides is 2. The third kappa shape index (κ3) is 7.59. The molecule has 1 N–H and O–H groups in total. The van der Waals surface area contributed by atoms with E-state index in [0.717, 1.165) is 18.4 Å². The van der Waals surface area contributed by atoms with Gasteiger partial charge in [-0.1, -0.05) is 40.9 Å². The number of carbonyl (C=O) groups is 2. The number of halogens is 3. The number of rotatable bonds is 6. The van der Waals surface area contributed by atoms with Gasteiger partial charge in [0.15, 0.2) is 5.82 Å². The van der Waals surface area contributed by atoms with E-state index in [1.165, 1.54) is 11.1 Å². The van der Waals surface area contributed by atoms with Crippen molar-refractivity contribution in [3.8, 4) is 5.88 Å². The van der Waals surface area contributed by atoms with Gasteiger partial charge in [0.25, 0.3) is 0 Å². The molecule has 0 radical (unpaired) electrons. The van der Waals surface area contributed by atoms with Crippen LogP contribution in [0.25, 0.3) is 0 Å². The summed E-state index contributed by atoms with van der Waals surface area (Å²) in [7, 11) is 0. The summed E-state index contributed by atoms with van der Waals surface area (Å²) in [4.78, 5) is 35.5. The smallest absolute Gasteiger partial charge is 0.410 e. The van der Waals surface area contributed by atoms with E-state index >= 15 is 0 Å². The van der Waals surface area contributed by atoms with Gasteiger partial charge in [-0.25, -0.2) is 9.78 Å². The lowest BCUT2D eigenvalue weighted by atomic mass is 10.0. The molecule has 2 heterocycles. The van der Waals surface area contributed by atoms with Gasteiger partial charge in [0, 0.05) is 22.2 Å². The van der Waals surface area contributed by atoms with Crippen molar-refractivity contribution in [2.45, 2.75) is 71.2 Å². The van der Waals surface area contributed by atoms with Gasteiger partial charge in [-0.15, -0.1) is 0 Å². The molecule has 1 aromatic carbocycles. The highest BCUT2D eigenvalue weighted by Crippen LogP contribution is 2.31. The van der Waals surface area contributed by atoms with E-state index in [-0.39, 0.29) is 23.4 Å². The minimum atomic E-state index is -0.642. The number of ether oxygens (including phenoxy) is 2. The van der Waals surface area contributed by atoms with Crippen LogP contribution in [0.4, 0.5) is 4.79 Å². The van der Waals surface area contributed by atoms with Crippen molar-refractivity contribution >= 4 is 46.8 Å². The Morgan fingerprint density at radius 2 is 1.94 bits per heavy atom. The van der Waals surface area contributed by atoms with Gasteiger partial charge in [-0.2, -0.15) is 4.98 Å². The standard InChI is InChI=1S/C24H29Cl3N4O4/c1-14(16-9-8-15(25)11-17(16)26)34-22-18(27)12-28-20(30-22)13-29-21(32)19-7-5-6-10-31(19)23(33)35-24(2,3)4/h8-9,11-12,14,19H,5-7,10,13H2,1-4H3,(H,29,32). The lowest BCUT2D eigenvalue weighted by molar-refractivity contribution is -0.127. The first-order valence-corrected chi connectivity index (χ1v) is 12.5. The number of aromatic nitrogens is 2. The lowest BCUT2D eigenvalue weighted by Crippen LogP contribution is -2.53. The van der Waals surface area contributed by atoms with E-state index in [0.29, 0.717) is 28.8 Å². The van der Waals surface area contributed by atoms with Crippen LogP contribution < -0.4 is 10.1 Å². The summed E-state index contributed by atoms with van der Waals surface area (Å²) in [6.45, 7) is 7.70. The summed E-state index contributed by atoms with van der Waals surface area (Å²) in [5, 5.41) is 4.02. The molecule has 2 unspecified atom stereocenters. The summed E-state index contributed by atoms with van der Waals surface area (Å²) in [6, 6.07) is 4.50. The Labute approximate surface area is 220 Å². The Morgan fingerprint density at radius 1 is 1.20 bits per heavy atom. The molecule has 35 heavy (non-hydrogen) atoms. The second kappa shape index (κ2) is 11.6. The number of piperidine rings is 1. The van der Waals surface area contributed by atoms with Crippen LogP contribution in [0.5, 0.6) is 5.88 Å². The normalized spacial score (nSPS) is 17.0. The molecule has 11 heteroatoms. The molecule has 2 amide bonds. The molecule has 1 aliphatic rings. The monoisotopic (exact) mass is 542 g/mol. The fourth-order valence-corrected chi connectivity index (χ4v) is 4.34. The maximum atomic E-state index is 12.9. The lowest BCUT2D eigenvalue weighted by Gasteiger charge is -2.35. The summed E-state index contributed by atoms with van der Waals surface area (Å²) in [5.74, 6) is 0.183. The van der Waals surface area contributed by atoms with E-state index in [1.807, 2.05) is 6.92 Å². The van der Waals surface area contributed by atoms with E-state index in [2.05, 4.69) is 15.3 Å². The van der Waals surface area contributed by atoms with Crippen LogP contribution >= 0.6 is 34.8 Å². The van der Waals surface area contributed by atoms with Gasteiger partial charge in [0.05, 0.1) is 12.7 Å². The van der Waals surface area contributed by atoms with Crippen molar-refractivity contribution in [3.63, 3.8) is 0 Å². The van der Waals surface area contributed by atoms with E-state index in [1.54, 1.807) is 39.0 Å². The Bertz CT molecular complexity index is 1080. The molecule has 1 fully saturated rings. The van der Waals surface area contributed by atoms with Crippen molar-refractivity contribution in [2.24, 2.45) is 0 Å². The zero-order valence-corrected chi connectivity index (χ0v) is 22.4. The van der Waals surface area contributed by atoms with Gasteiger partial charge in [0.1, 0.15) is 22.8 Å². The molecule has 1 saturated heterocycles. The highest BCUT2D eigenvalue weighted by Gasteiger charge is 2.34. The van der Waals surface area contributed by atoms with Crippen LogP contribution in [-0.2, 0) is 16.1 Å².